The summed E-state index contributed by atoms with van der Waals surface area (Å²) < 4.78 is 27.4. The summed E-state index contributed by atoms with van der Waals surface area (Å²) in [6, 6.07) is 7.58. The number of halogens is 1. The van der Waals surface area contributed by atoms with Gasteiger partial charge in [0.05, 0.1) is 16.8 Å². The van der Waals surface area contributed by atoms with Crippen molar-refractivity contribution in [3.05, 3.63) is 42.1 Å². The van der Waals surface area contributed by atoms with Gasteiger partial charge in [0.25, 0.3) is 6.08 Å². The first-order valence-corrected chi connectivity index (χ1v) is 7.37. The Bertz CT molecular complexity index is 679. The Kier molecular flexibility index (Phi) is 3.42. The van der Waals surface area contributed by atoms with Crippen LogP contribution < -0.4 is 5.59 Å². The molecule has 4 nitrogen and oxygen atoms in total. The Hall–Kier alpha value is -1.66. The molecule has 1 aliphatic rings. The molecular formula is C16H20BFN2O2. The van der Waals surface area contributed by atoms with E-state index in [1.54, 1.807) is 6.20 Å². The van der Waals surface area contributed by atoms with Crippen molar-refractivity contribution >= 4 is 12.7 Å². The molecule has 0 spiro atoms. The summed E-state index contributed by atoms with van der Waals surface area (Å²) in [4.78, 5) is 3.97. The average Bonchev–Trinajstić information content (AvgIpc) is 2.89. The topological polar surface area (TPSA) is 36.3 Å². The van der Waals surface area contributed by atoms with Crippen LogP contribution in [0.25, 0.3) is 5.69 Å². The van der Waals surface area contributed by atoms with Crippen molar-refractivity contribution in [3.8, 4) is 5.69 Å². The smallest absolute Gasteiger partial charge is 0.398 e. The Morgan fingerprint density at radius 2 is 1.59 bits per heavy atom. The number of hydrogen-bond acceptors (Lipinski definition) is 3. The van der Waals surface area contributed by atoms with Gasteiger partial charge in [-0.15, -0.1) is 0 Å². The monoisotopic (exact) mass is 302 g/mol. The van der Waals surface area contributed by atoms with E-state index in [2.05, 4.69) is 4.98 Å². The van der Waals surface area contributed by atoms with E-state index in [0.29, 0.717) is 5.59 Å². The zero-order chi connectivity index (χ0) is 16.1. The third kappa shape index (κ3) is 2.46. The third-order valence-corrected chi connectivity index (χ3v) is 4.49. The first-order valence-electron chi connectivity index (χ1n) is 7.37. The summed E-state index contributed by atoms with van der Waals surface area (Å²) >= 11 is 0. The molecule has 0 bridgehead atoms. The molecule has 0 unspecified atom stereocenters. The molecule has 0 atom stereocenters. The van der Waals surface area contributed by atoms with Crippen molar-refractivity contribution in [3.63, 3.8) is 0 Å². The molecule has 0 radical (unpaired) electrons. The summed E-state index contributed by atoms with van der Waals surface area (Å²) in [6.07, 6.45) is 1.05. The SMILES string of the molecule is Cc1ccc(-n2cc(B3OC(C)(C)C(C)(C)O3)nc2F)cc1. The van der Waals surface area contributed by atoms with Gasteiger partial charge in [0.2, 0.25) is 0 Å². The standard InChI is InChI=1S/C16H20BFN2O2/c1-11-6-8-12(9-7-11)20-10-13(19-14(20)18)17-21-15(2,3)16(4,5)22-17/h6-10H,1-5H3. The van der Waals surface area contributed by atoms with E-state index < -0.39 is 24.4 Å². The minimum absolute atomic E-state index is 0.441. The van der Waals surface area contributed by atoms with Gasteiger partial charge in [-0.3, -0.25) is 4.57 Å². The first kappa shape index (κ1) is 15.2. The molecule has 0 N–H and O–H groups in total. The highest BCUT2D eigenvalue weighted by molar-refractivity contribution is 6.61. The maximum Gasteiger partial charge on any atom is 0.516 e. The predicted molar refractivity (Wildman–Crippen MR) is 84.0 cm³/mol. The minimum atomic E-state index is -0.661. The number of imidazole rings is 1. The van der Waals surface area contributed by atoms with Crippen LogP contribution in [0.4, 0.5) is 4.39 Å². The zero-order valence-electron chi connectivity index (χ0n) is 13.6. The highest BCUT2D eigenvalue weighted by Crippen LogP contribution is 2.36. The van der Waals surface area contributed by atoms with Gasteiger partial charge in [-0.25, -0.2) is 4.98 Å². The van der Waals surface area contributed by atoms with E-state index >= 15 is 0 Å². The highest BCUT2D eigenvalue weighted by Gasteiger charge is 2.52. The van der Waals surface area contributed by atoms with Crippen molar-refractivity contribution in [1.82, 2.24) is 9.55 Å². The van der Waals surface area contributed by atoms with Gasteiger partial charge in [0.1, 0.15) is 0 Å². The number of rotatable bonds is 2. The van der Waals surface area contributed by atoms with E-state index in [4.69, 9.17) is 9.31 Å². The lowest BCUT2D eigenvalue weighted by Crippen LogP contribution is -2.41. The fourth-order valence-corrected chi connectivity index (χ4v) is 2.34. The molecule has 3 rings (SSSR count). The van der Waals surface area contributed by atoms with Crippen molar-refractivity contribution in [2.24, 2.45) is 0 Å². The van der Waals surface area contributed by atoms with Crippen molar-refractivity contribution in [2.75, 3.05) is 0 Å². The summed E-state index contributed by atoms with van der Waals surface area (Å²) in [6.45, 7) is 9.82. The molecule has 1 aromatic heterocycles. The van der Waals surface area contributed by atoms with Crippen LogP contribution in [-0.2, 0) is 9.31 Å². The van der Waals surface area contributed by atoms with Gasteiger partial charge in [-0.1, -0.05) is 17.7 Å². The number of hydrogen-bond donors (Lipinski definition) is 0. The average molecular weight is 302 g/mol. The molecule has 2 aromatic rings. The van der Waals surface area contributed by atoms with Gasteiger partial charge >= 0.3 is 7.12 Å². The Morgan fingerprint density at radius 3 is 2.14 bits per heavy atom. The number of benzene rings is 1. The molecule has 22 heavy (non-hydrogen) atoms. The lowest BCUT2D eigenvalue weighted by molar-refractivity contribution is 0.00578. The second-order valence-electron chi connectivity index (χ2n) is 6.73. The summed E-state index contributed by atoms with van der Waals surface area (Å²) in [5.74, 6) is 0. The van der Waals surface area contributed by atoms with Crippen LogP contribution in [0.2, 0.25) is 0 Å². The van der Waals surface area contributed by atoms with Gasteiger partial charge in [-0.05, 0) is 46.8 Å². The fraction of sp³-hybridized carbons (Fsp3) is 0.438. The molecule has 1 saturated heterocycles. The molecule has 0 amide bonds. The quantitative estimate of drug-likeness (QED) is 0.800. The molecule has 0 aliphatic carbocycles. The van der Waals surface area contributed by atoms with E-state index in [9.17, 15) is 4.39 Å². The maximum atomic E-state index is 14.2. The van der Waals surface area contributed by atoms with E-state index in [0.717, 1.165) is 11.3 Å². The molecule has 1 aromatic carbocycles. The van der Waals surface area contributed by atoms with Crippen LogP contribution >= 0.6 is 0 Å². The molecule has 6 heteroatoms. The van der Waals surface area contributed by atoms with E-state index in [1.165, 1.54) is 4.57 Å². The van der Waals surface area contributed by atoms with Crippen LogP contribution in [0.3, 0.4) is 0 Å². The van der Waals surface area contributed by atoms with Crippen LogP contribution in [0.5, 0.6) is 0 Å². The van der Waals surface area contributed by atoms with E-state index in [1.807, 2.05) is 58.9 Å². The minimum Gasteiger partial charge on any atom is -0.398 e. The van der Waals surface area contributed by atoms with Crippen LogP contribution in [0.15, 0.2) is 30.5 Å². The van der Waals surface area contributed by atoms with Crippen LogP contribution in [0.1, 0.15) is 33.3 Å². The molecule has 2 heterocycles. The summed E-state index contributed by atoms with van der Waals surface area (Å²) in [5, 5.41) is 0. The van der Waals surface area contributed by atoms with Crippen LogP contribution in [-0.4, -0.2) is 27.9 Å². The Morgan fingerprint density at radius 1 is 1.05 bits per heavy atom. The van der Waals surface area contributed by atoms with Crippen molar-refractivity contribution in [1.29, 1.82) is 0 Å². The normalized spacial score (nSPS) is 19.6. The highest BCUT2D eigenvalue weighted by atomic mass is 19.1. The van der Waals surface area contributed by atoms with Gasteiger partial charge < -0.3 is 9.31 Å². The third-order valence-electron chi connectivity index (χ3n) is 4.49. The first-order chi connectivity index (χ1) is 10.2. The van der Waals surface area contributed by atoms with Gasteiger partial charge in [0, 0.05) is 11.9 Å². The molecule has 1 aliphatic heterocycles. The van der Waals surface area contributed by atoms with Crippen molar-refractivity contribution in [2.45, 2.75) is 45.8 Å². The Labute approximate surface area is 130 Å². The summed E-state index contributed by atoms with van der Waals surface area (Å²) in [7, 11) is -0.661. The number of nitrogens with zero attached hydrogens (tertiary/aromatic N) is 2. The maximum absolute atomic E-state index is 14.2. The molecular weight excluding hydrogens is 282 g/mol. The number of aryl methyl sites for hydroxylation is 1. The molecule has 1 fully saturated rings. The molecule has 116 valence electrons. The largest absolute Gasteiger partial charge is 0.516 e. The second kappa shape index (κ2) is 4.93. The fourth-order valence-electron chi connectivity index (χ4n) is 2.34. The van der Waals surface area contributed by atoms with Crippen molar-refractivity contribution < 1.29 is 13.7 Å². The Balaban J connectivity index is 1.92. The molecule has 0 saturated carbocycles. The second-order valence-corrected chi connectivity index (χ2v) is 6.73. The van der Waals surface area contributed by atoms with Gasteiger partial charge in [0.15, 0.2) is 0 Å². The van der Waals surface area contributed by atoms with E-state index in [-0.39, 0.29) is 0 Å². The number of aromatic nitrogens is 2. The van der Waals surface area contributed by atoms with Crippen LogP contribution in [0, 0.1) is 13.0 Å². The predicted octanol–water partition coefficient (Wildman–Crippen LogP) is 2.62. The summed E-state index contributed by atoms with van der Waals surface area (Å²) in [5.41, 5.74) is 1.34. The zero-order valence-corrected chi connectivity index (χ0v) is 13.6. The lowest BCUT2D eigenvalue weighted by atomic mass is 9.86. The lowest BCUT2D eigenvalue weighted by Gasteiger charge is -2.32. The van der Waals surface area contributed by atoms with Gasteiger partial charge in [-0.2, -0.15) is 4.39 Å².